The fraction of sp³-hybridized carbons (Fsp3) is 0.250. The first-order valence-corrected chi connectivity index (χ1v) is 8.65. The van der Waals surface area contributed by atoms with Crippen LogP contribution in [0.4, 0.5) is 0 Å². The number of aromatic nitrogens is 2. The molecular weight excluding hydrogens is 330 g/mol. The summed E-state index contributed by atoms with van der Waals surface area (Å²) in [6.07, 6.45) is 2.00. The average Bonchev–Trinajstić information content (AvgIpc) is 3.23. The summed E-state index contributed by atoms with van der Waals surface area (Å²) in [7, 11) is 1.57. The molecule has 0 saturated carbocycles. The van der Waals surface area contributed by atoms with E-state index in [1.807, 2.05) is 6.07 Å². The van der Waals surface area contributed by atoms with E-state index < -0.39 is 0 Å². The Balaban J connectivity index is 1.95. The molecular formula is C20H19N3O3. The van der Waals surface area contributed by atoms with Gasteiger partial charge in [-0.25, -0.2) is 0 Å². The van der Waals surface area contributed by atoms with Crippen molar-refractivity contribution >= 4 is 16.7 Å². The van der Waals surface area contributed by atoms with Gasteiger partial charge in [0.15, 0.2) is 5.69 Å². The number of nitrogens with zero attached hydrogens (tertiary/aromatic N) is 3. The first-order chi connectivity index (χ1) is 12.7. The molecule has 132 valence electrons. The van der Waals surface area contributed by atoms with Gasteiger partial charge in [0.2, 0.25) is 0 Å². The van der Waals surface area contributed by atoms with Crippen molar-refractivity contribution in [3.63, 3.8) is 0 Å². The molecule has 0 aliphatic carbocycles. The lowest BCUT2D eigenvalue weighted by Crippen LogP contribution is -2.32. The number of rotatable bonds is 3. The van der Waals surface area contributed by atoms with Crippen molar-refractivity contribution in [3.05, 3.63) is 64.6 Å². The number of hydrogen-bond donors (Lipinski definition) is 0. The quantitative estimate of drug-likeness (QED) is 0.729. The minimum Gasteiger partial charge on any atom is -0.497 e. The highest BCUT2D eigenvalue weighted by molar-refractivity contribution is 6.04. The standard InChI is InChI=1S/C20H19N3O3/c1-26-15-8-6-7-14(13-15)23-19(24)17-10-3-2-9-16(17)18(21-23)20(25)22-11-4-5-12-22/h2-3,6-10,13H,4-5,11-12H2,1H3. The second kappa shape index (κ2) is 6.63. The fourth-order valence-corrected chi connectivity index (χ4v) is 3.33. The molecule has 0 bridgehead atoms. The Morgan fingerprint density at radius 1 is 1.04 bits per heavy atom. The third kappa shape index (κ3) is 2.73. The van der Waals surface area contributed by atoms with Gasteiger partial charge >= 0.3 is 0 Å². The van der Waals surface area contributed by atoms with Crippen LogP contribution < -0.4 is 10.3 Å². The molecule has 6 nitrogen and oxygen atoms in total. The van der Waals surface area contributed by atoms with Crippen molar-refractivity contribution in [2.75, 3.05) is 20.2 Å². The second-order valence-corrected chi connectivity index (χ2v) is 6.31. The van der Waals surface area contributed by atoms with Crippen LogP contribution in [0, 0.1) is 0 Å². The van der Waals surface area contributed by atoms with Gasteiger partial charge in [0, 0.05) is 24.5 Å². The van der Waals surface area contributed by atoms with Crippen LogP contribution in [-0.4, -0.2) is 40.8 Å². The Morgan fingerprint density at radius 3 is 2.50 bits per heavy atom. The number of benzene rings is 2. The van der Waals surface area contributed by atoms with E-state index in [-0.39, 0.29) is 11.5 Å². The van der Waals surface area contributed by atoms with E-state index >= 15 is 0 Å². The summed E-state index contributed by atoms with van der Waals surface area (Å²) in [5.74, 6) is 0.493. The summed E-state index contributed by atoms with van der Waals surface area (Å²) >= 11 is 0. The number of fused-ring (bicyclic) bond motifs is 1. The molecule has 2 aromatic carbocycles. The van der Waals surface area contributed by atoms with Gasteiger partial charge in [-0.3, -0.25) is 9.59 Å². The van der Waals surface area contributed by atoms with Crippen LogP contribution in [0.1, 0.15) is 23.3 Å². The lowest BCUT2D eigenvalue weighted by atomic mass is 10.1. The smallest absolute Gasteiger partial charge is 0.279 e. The first-order valence-electron chi connectivity index (χ1n) is 8.65. The van der Waals surface area contributed by atoms with E-state index in [9.17, 15) is 9.59 Å². The second-order valence-electron chi connectivity index (χ2n) is 6.31. The molecule has 1 amide bonds. The van der Waals surface area contributed by atoms with Gasteiger partial charge in [-0.2, -0.15) is 9.78 Å². The Labute approximate surface area is 150 Å². The maximum Gasteiger partial charge on any atom is 0.279 e. The largest absolute Gasteiger partial charge is 0.497 e. The number of methoxy groups -OCH3 is 1. The minimum atomic E-state index is -0.258. The zero-order valence-electron chi connectivity index (χ0n) is 14.5. The Morgan fingerprint density at radius 2 is 1.77 bits per heavy atom. The molecule has 4 rings (SSSR count). The summed E-state index contributed by atoms with van der Waals surface area (Å²) in [5, 5.41) is 5.52. The van der Waals surface area contributed by atoms with E-state index in [0.29, 0.717) is 27.9 Å². The van der Waals surface area contributed by atoms with E-state index in [1.165, 1.54) is 4.68 Å². The molecule has 0 atom stereocenters. The minimum absolute atomic E-state index is 0.129. The number of ether oxygens (including phenoxy) is 1. The van der Waals surface area contributed by atoms with Crippen molar-refractivity contribution in [2.45, 2.75) is 12.8 Å². The van der Waals surface area contributed by atoms with Gasteiger partial charge < -0.3 is 9.64 Å². The molecule has 1 aliphatic rings. The van der Waals surface area contributed by atoms with Crippen LogP contribution in [0.25, 0.3) is 16.5 Å². The van der Waals surface area contributed by atoms with Crippen LogP contribution in [0.3, 0.4) is 0 Å². The van der Waals surface area contributed by atoms with Crippen molar-refractivity contribution in [3.8, 4) is 11.4 Å². The highest BCUT2D eigenvalue weighted by atomic mass is 16.5. The lowest BCUT2D eigenvalue weighted by molar-refractivity contribution is 0.0787. The summed E-state index contributed by atoms with van der Waals surface area (Å²) in [5.41, 5.74) is 0.618. The average molecular weight is 349 g/mol. The zero-order valence-corrected chi connectivity index (χ0v) is 14.5. The normalized spacial score (nSPS) is 14.0. The fourth-order valence-electron chi connectivity index (χ4n) is 3.33. The molecule has 1 fully saturated rings. The maximum atomic E-state index is 13.0. The zero-order chi connectivity index (χ0) is 18.1. The number of carbonyl (C=O) groups excluding carboxylic acids is 1. The molecule has 0 spiro atoms. The number of likely N-dealkylation sites (tertiary alicyclic amines) is 1. The molecule has 1 aromatic heterocycles. The topological polar surface area (TPSA) is 64.4 Å². The third-order valence-electron chi connectivity index (χ3n) is 4.70. The van der Waals surface area contributed by atoms with Crippen LogP contribution in [0.2, 0.25) is 0 Å². The molecule has 0 radical (unpaired) electrons. The van der Waals surface area contributed by atoms with Gasteiger partial charge in [0.05, 0.1) is 18.2 Å². The molecule has 2 heterocycles. The van der Waals surface area contributed by atoms with Gasteiger partial charge in [-0.05, 0) is 31.0 Å². The first kappa shape index (κ1) is 16.3. The number of amides is 1. The predicted octanol–water partition coefficient (Wildman–Crippen LogP) is 2.63. The van der Waals surface area contributed by atoms with Crippen molar-refractivity contribution in [1.82, 2.24) is 14.7 Å². The highest BCUT2D eigenvalue weighted by Gasteiger charge is 2.24. The van der Waals surface area contributed by atoms with Gasteiger partial charge in [0.25, 0.3) is 11.5 Å². The summed E-state index contributed by atoms with van der Waals surface area (Å²) in [4.78, 5) is 27.8. The van der Waals surface area contributed by atoms with Crippen molar-refractivity contribution in [1.29, 1.82) is 0 Å². The summed E-state index contributed by atoms with van der Waals surface area (Å²) < 4.78 is 6.53. The van der Waals surface area contributed by atoms with Crippen molar-refractivity contribution in [2.24, 2.45) is 0 Å². The Bertz CT molecular complexity index is 1040. The monoisotopic (exact) mass is 349 g/mol. The third-order valence-corrected chi connectivity index (χ3v) is 4.70. The SMILES string of the molecule is COc1cccc(-n2nc(C(=O)N3CCCC3)c3ccccc3c2=O)c1. The van der Waals surface area contributed by atoms with Gasteiger partial charge in [-0.1, -0.05) is 24.3 Å². The van der Waals surface area contributed by atoms with Crippen LogP contribution in [0.15, 0.2) is 53.3 Å². The van der Waals surface area contributed by atoms with Crippen LogP contribution in [-0.2, 0) is 0 Å². The molecule has 0 N–H and O–H groups in total. The van der Waals surface area contributed by atoms with Gasteiger partial charge in [0.1, 0.15) is 5.75 Å². The van der Waals surface area contributed by atoms with Crippen molar-refractivity contribution < 1.29 is 9.53 Å². The summed E-state index contributed by atoms with van der Waals surface area (Å²) in [6, 6.07) is 14.2. The highest BCUT2D eigenvalue weighted by Crippen LogP contribution is 2.20. The maximum absolute atomic E-state index is 13.0. The van der Waals surface area contributed by atoms with Crippen LogP contribution in [0.5, 0.6) is 5.75 Å². The van der Waals surface area contributed by atoms with E-state index in [2.05, 4.69) is 5.10 Å². The summed E-state index contributed by atoms with van der Waals surface area (Å²) in [6.45, 7) is 1.46. The number of hydrogen-bond acceptors (Lipinski definition) is 4. The molecule has 0 unspecified atom stereocenters. The lowest BCUT2D eigenvalue weighted by Gasteiger charge is -2.17. The Kier molecular flexibility index (Phi) is 4.16. The molecule has 26 heavy (non-hydrogen) atoms. The molecule has 1 saturated heterocycles. The predicted molar refractivity (Wildman–Crippen MR) is 99.0 cm³/mol. The molecule has 3 aromatic rings. The van der Waals surface area contributed by atoms with E-state index in [1.54, 1.807) is 54.5 Å². The molecule has 1 aliphatic heterocycles. The Hall–Kier alpha value is -3.15. The molecule has 6 heteroatoms. The van der Waals surface area contributed by atoms with E-state index in [4.69, 9.17) is 4.74 Å². The van der Waals surface area contributed by atoms with E-state index in [0.717, 1.165) is 25.9 Å². The van der Waals surface area contributed by atoms with Gasteiger partial charge in [-0.15, -0.1) is 0 Å². The number of carbonyl (C=O) groups is 1. The van der Waals surface area contributed by atoms with Crippen LogP contribution >= 0.6 is 0 Å².